The Balaban J connectivity index is 2.77. The number of nitrogens with zero attached hydrogens (tertiary/aromatic N) is 1. The second-order valence-corrected chi connectivity index (χ2v) is 4.44. The molecule has 3 heteroatoms. The highest BCUT2D eigenvalue weighted by atomic mass is 32.1. The molecular formula is C12H9NOS. The maximum Gasteiger partial charge on any atom is 0.190 e. The van der Waals surface area contributed by atoms with Gasteiger partial charge in [0.15, 0.2) is 5.43 Å². The number of aryl methyl sites for hydroxylation is 1. The van der Waals surface area contributed by atoms with Gasteiger partial charge in [-0.25, -0.2) is 0 Å². The maximum absolute atomic E-state index is 11.8. The molecule has 0 bridgehead atoms. The van der Waals surface area contributed by atoms with Crippen LogP contribution in [-0.4, -0.2) is 4.57 Å². The summed E-state index contributed by atoms with van der Waals surface area (Å²) in [7, 11) is 2.00. The van der Waals surface area contributed by atoms with Crippen LogP contribution in [0.15, 0.2) is 40.5 Å². The van der Waals surface area contributed by atoms with E-state index >= 15 is 0 Å². The minimum absolute atomic E-state index is 0.112. The molecule has 2 aromatic heterocycles. The van der Waals surface area contributed by atoms with E-state index in [0.29, 0.717) is 0 Å². The van der Waals surface area contributed by atoms with Crippen LogP contribution >= 0.6 is 11.3 Å². The van der Waals surface area contributed by atoms with Crippen molar-refractivity contribution in [2.24, 2.45) is 7.05 Å². The van der Waals surface area contributed by atoms with E-state index in [9.17, 15) is 4.79 Å². The zero-order valence-electron chi connectivity index (χ0n) is 8.23. The first kappa shape index (κ1) is 8.68. The largest absolute Gasteiger partial charge is 0.335 e. The van der Waals surface area contributed by atoms with Crippen LogP contribution in [0.2, 0.25) is 0 Å². The molecule has 3 aromatic rings. The van der Waals surface area contributed by atoms with Gasteiger partial charge in [-0.05, 0) is 17.5 Å². The second-order valence-electron chi connectivity index (χ2n) is 3.54. The standard InChI is InChI=1S/C12H9NOS/c1-13-9-5-3-2-4-8(9)11-10(14)6-7-15-12(11)13/h2-7H,1H3. The molecule has 0 unspecified atom stereocenters. The molecule has 0 amide bonds. The number of benzene rings is 1. The summed E-state index contributed by atoms with van der Waals surface area (Å²) in [6.45, 7) is 0. The monoisotopic (exact) mass is 215 g/mol. The van der Waals surface area contributed by atoms with Crippen molar-refractivity contribution in [1.29, 1.82) is 0 Å². The molecule has 2 heterocycles. The van der Waals surface area contributed by atoms with Crippen LogP contribution in [-0.2, 0) is 7.05 Å². The first-order chi connectivity index (χ1) is 7.29. The molecule has 0 aliphatic rings. The Morgan fingerprint density at radius 2 is 2.00 bits per heavy atom. The van der Waals surface area contributed by atoms with Gasteiger partial charge in [-0.15, -0.1) is 11.3 Å². The quantitative estimate of drug-likeness (QED) is 0.565. The molecule has 0 aliphatic carbocycles. The van der Waals surface area contributed by atoms with Crippen LogP contribution in [0.4, 0.5) is 0 Å². The molecule has 0 fully saturated rings. The van der Waals surface area contributed by atoms with E-state index in [0.717, 1.165) is 21.1 Å². The molecular weight excluding hydrogens is 206 g/mol. The summed E-state index contributed by atoms with van der Waals surface area (Å²) in [4.78, 5) is 12.8. The number of rotatable bonds is 0. The van der Waals surface area contributed by atoms with Gasteiger partial charge in [-0.3, -0.25) is 4.79 Å². The first-order valence-corrected chi connectivity index (χ1v) is 5.62. The Bertz CT molecular complexity index is 708. The number of hydrogen-bond acceptors (Lipinski definition) is 2. The fourth-order valence-electron chi connectivity index (χ4n) is 1.99. The van der Waals surface area contributed by atoms with Crippen molar-refractivity contribution < 1.29 is 0 Å². The molecule has 0 aliphatic heterocycles. The second kappa shape index (κ2) is 2.94. The SMILES string of the molecule is Cn1c2ccccc2c2c(=O)ccsc21. The molecule has 15 heavy (non-hydrogen) atoms. The molecule has 0 spiro atoms. The van der Waals surface area contributed by atoms with E-state index in [1.807, 2.05) is 36.7 Å². The predicted molar refractivity (Wildman–Crippen MR) is 64.6 cm³/mol. The molecule has 74 valence electrons. The Morgan fingerprint density at radius 1 is 1.20 bits per heavy atom. The average molecular weight is 215 g/mol. The topological polar surface area (TPSA) is 22.0 Å². The number of fused-ring (bicyclic) bond motifs is 3. The lowest BCUT2D eigenvalue weighted by Gasteiger charge is -1.94. The zero-order chi connectivity index (χ0) is 10.4. The maximum atomic E-state index is 11.8. The summed E-state index contributed by atoms with van der Waals surface area (Å²) in [5, 5.41) is 3.75. The fourth-order valence-corrected chi connectivity index (χ4v) is 2.89. The lowest BCUT2D eigenvalue weighted by molar-refractivity contribution is 1.02. The van der Waals surface area contributed by atoms with Gasteiger partial charge >= 0.3 is 0 Å². The lowest BCUT2D eigenvalue weighted by Crippen LogP contribution is -1.95. The van der Waals surface area contributed by atoms with Crippen molar-refractivity contribution in [3.8, 4) is 0 Å². The number of hydrogen-bond donors (Lipinski definition) is 0. The highest BCUT2D eigenvalue weighted by Crippen LogP contribution is 2.27. The van der Waals surface area contributed by atoms with Crippen LogP contribution in [0.5, 0.6) is 0 Å². The van der Waals surface area contributed by atoms with Gasteiger partial charge < -0.3 is 4.57 Å². The summed E-state index contributed by atoms with van der Waals surface area (Å²) in [5.41, 5.74) is 1.23. The summed E-state index contributed by atoms with van der Waals surface area (Å²) in [6.07, 6.45) is 0. The van der Waals surface area contributed by atoms with Crippen LogP contribution in [0, 0.1) is 0 Å². The lowest BCUT2D eigenvalue weighted by atomic mass is 10.2. The molecule has 2 nitrogen and oxygen atoms in total. The predicted octanol–water partition coefficient (Wildman–Crippen LogP) is 2.75. The third-order valence-corrected chi connectivity index (χ3v) is 3.67. The third-order valence-electron chi connectivity index (χ3n) is 2.70. The summed E-state index contributed by atoms with van der Waals surface area (Å²) < 4.78 is 2.08. The summed E-state index contributed by atoms with van der Waals surface area (Å²) in [6, 6.07) is 9.65. The van der Waals surface area contributed by atoms with Crippen molar-refractivity contribution in [1.82, 2.24) is 4.57 Å². The van der Waals surface area contributed by atoms with Gasteiger partial charge in [0.1, 0.15) is 4.83 Å². The molecule has 0 saturated carbocycles. The van der Waals surface area contributed by atoms with Crippen molar-refractivity contribution >= 4 is 32.5 Å². The van der Waals surface area contributed by atoms with Gasteiger partial charge in [0, 0.05) is 18.0 Å². The Labute approximate surface area is 90.4 Å². The van der Waals surface area contributed by atoms with Crippen LogP contribution in [0.1, 0.15) is 0 Å². The minimum Gasteiger partial charge on any atom is -0.335 e. The summed E-state index contributed by atoms with van der Waals surface area (Å²) in [5.74, 6) is 0. The zero-order valence-corrected chi connectivity index (χ0v) is 9.04. The van der Waals surface area contributed by atoms with E-state index in [2.05, 4.69) is 4.57 Å². The minimum atomic E-state index is 0.112. The highest BCUT2D eigenvalue weighted by molar-refractivity contribution is 7.16. The first-order valence-electron chi connectivity index (χ1n) is 4.74. The Kier molecular flexibility index (Phi) is 1.70. The van der Waals surface area contributed by atoms with Crippen LogP contribution < -0.4 is 5.43 Å². The van der Waals surface area contributed by atoms with Gasteiger partial charge in [-0.2, -0.15) is 0 Å². The fraction of sp³-hybridized carbons (Fsp3) is 0.0833. The summed E-state index contributed by atoms with van der Waals surface area (Å²) >= 11 is 1.61. The van der Waals surface area contributed by atoms with E-state index < -0.39 is 0 Å². The van der Waals surface area contributed by atoms with E-state index in [4.69, 9.17) is 0 Å². The molecule has 1 aromatic carbocycles. The molecule has 0 atom stereocenters. The molecule has 3 rings (SSSR count). The Morgan fingerprint density at radius 3 is 2.87 bits per heavy atom. The van der Waals surface area contributed by atoms with E-state index in [1.165, 1.54) is 0 Å². The van der Waals surface area contributed by atoms with Crippen molar-refractivity contribution in [3.05, 3.63) is 45.9 Å². The van der Waals surface area contributed by atoms with E-state index in [1.54, 1.807) is 17.4 Å². The normalized spacial score (nSPS) is 11.3. The van der Waals surface area contributed by atoms with Crippen molar-refractivity contribution in [2.45, 2.75) is 0 Å². The number of para-hydroxylation sites is 1. The van der Waals surface area contributed by atoms with Gasteiger partial charge in [0.05, 0.1) is 5.39 Å². The molecule has 0 N–H and O–H groups in total. The Hall–Kier alpha value is -1.61. The van der Waals surface area contributed by atoms with Crippen LogP contribution in [0.25, 0.3) is 21.1 Å². The van der Waals surface area contributed by atoms with E-state index in [-0.39, 0.29) is 5.43 Å². The third kappa shape index (κ3) is 1.07. The van der Waals surface area contributed by atoms with Crippen molar-refractivity contribution in [3.63, 3.8) is 0 Å². The molecule has 0 radical (unpaired) electrons. The highest BCUT2D eigenvalue weighted by Gasteiger charge is 2.09. The molecule has 0 saturated heterocycles. The number of aromatic nitrogens is 1. The van der Waals surface area contributed by atoms with Crippen LogP contribution in [0.3, 0.4) is 0 Å². The van der Waals surface area contributed by atoms with Gasteiger partial charge in [0.2, 0.25) is 0 Å². The average Bonchev–Trinajstić information content (AvgIpc) is 2.55. The van der Waals surface area contributed by atoms with Gasteiger partial charge in [-0.1, -0.05) is 18.2 Å². The smallest absolute Gasteiger partial charge is 0.190 e. The van der Waals surface area contributed by atoms with Crippen molar-refractivity contribution in [2.75, 3.05) is 0 Å². The van der Waals surface area contributed by atoms with Gasteiger partial charge in [0.25, 0.3) is 0 Å².